The lowest BCUT2D eigenvalue weighted by atomic mass is 10.2. The van der Waals surface area contributed by atoms with Crippen LogP contribution in [0.4, 0.5) is 0 Å². The van der Waals surface area contributed by atoms with Crippen LogP contribution in [-0.2, 0) is 14.6 Å². The number of aliphatic hydroxyl groups excluding tert-OH is 1. The van der Waals surface area contributed by atoms with Crippen LogP contribution in [0.1, 0.15) is 6.42 Å². The summed E-state index contributed by atoms with van der Waals surface area (Å²) in [4.78, 5) is 0. The quantitative estimate of drug-likeness (QED) is 0.345. The van der Waals surface area contributed by atoms with Gasteiger partial charge >= 0.3 is 0 Å². The molecule has 0 aromatic carbocycles. The first-order valence-corrected chi connectivity index (χ1v) is 3.73. The topological polar surface area (TPSA) is 58.6 Å². The summed E-state index contributed by atoms with van der Waals surface area (Å²) in [5.74, 6) is -1.75. The Morgan fingerprint density at radius 3 is 2.67 bits per heavy atom. The van der Waals surface area contributed by atoms with Crippen LogP contribution in [0.2, 0.25) is 0 Å². The van der Waals surface area contributed by atoms with Crippen molar-refractivity contribution in [3.63, 3.8) is 0 Å². The molecule has 0 amide bonds. The number of rotatable bonds is 7. The van der Waals surface area contributed by atoms with E-state index in [0.717, 1.165) is 0 Å². The molecule has 0 fully saturated rings. The van der Waals surface area contributed by atoms with Gasteiger partial charge in [0.1, 0.15) is 6.61 Å². The maximum atomic E-state index is 11.3. The standard InChI is InChI=1S/C8H15O4/c1-3-4-8(10,7-9)12-6-5-11-2/h3,9H,1,4-7H2,2H3. The van der Waals surface area contributed by atoms with E-state index in [1.807, 2.05) is 0 Å². The van der Waals surface area contributed by atoms with Crippen LogP contribution < -0.4 is 0 Å². The summed E-state index contributed by atoms with van der Waals surface area (Å²) in [6.07, 6.45) is 1.52. The van der Waals surface area contributed by atoms with Gasteiger partial charge in [0.25, 0.3) is 0 Å². The lowest BCUT2D eigenvalue weighted by Crippen LogP contribution is -2.35. The Bertz CT molecular complexity index is 126. The first-order chi connectivity index (χ1) is 5.68. The monoisotopic (exact) mass is 175 g/mol. The zero-order valence-corrected chi connectivity index (χ0v) is 7.28. The highest BCUT2D eigenvalue weighted by Crippen LogP contribution is 2.12. The molecule has 0 aliphatic rings. The van der Waals surface area contributed by atoms with Gasteiger partial charge in [-0.3, -0.25) is 0 Å². The predicted molar refractivity (Wildman–Crippen MR) is 43.1 cm³/mol. The van der Waals surface area contributed by atoms with Gasteiger partial charge in [-0.15, -0.1) is 6.58 Å². The third kappa shape index (κ3) is 4.46. The molecular weight excluding hydrogens is 160 g/mol. The summed E-state index contributed by atoms with van der Waals surface area (Å²) in [6.45, 7) is 3.38. The molecule has 1 N–H and O–H groups in total. The predicted octanol–water partition coefficient (Wildman–Crippen LogP) is 0.345. The second-order valence-electron chi connectivity index (χ2n) is 2.40. The highest BCUT2D eigenvalue weighted by Gasteiger charge is 2.27. The first-order valence-electron chi connectivity index (χ1n) is 3.73. The summed E-state index contributed by atoms with van der Waals surface area (Å²) in [5, 5.41) is 20.0. The fourth-order valence-electron chi connectivity index (χ4n) is 0.700. The number of aliphatic hydroxyl groups is 1. The highest BCUT2D eigenvalue weighted by molar-refractivity contribution is 4.78. The third-order valence-corrected chi connectivity index (χ3v) is 1.35. The summed E-state index contributed by atoms with van der Waals surface area (Å²) in [5.41, 5.74) is 0. The third-order valence-electron chi connectivity index (χ3n) is 1.35. The van der Waals surface area contributed by atoms with E-state index in [9.17, 15) is 5.11 Å². The lowest BCUT2D eigenvalue weighted by molar-refractivity contribution is -0.259. The minimum atomic E-state index is -1.75. The molecule has 0 rings (SSSR count). The minimum Gasteiger partial charge on any atom is -0.391 e. The van der Waals surface area contributed by atoms with E-state index in [1.54, 1.807) is 0 Å². The van der Waals surface area contributed by atoms with Crippen molar-refractivity contribution in [2.45, 2.75) is 12.2 Å². The van der Waals surface area contributed by atoms with Gasteiger partial charge in [0.15, 0.2) is 0 Å². The molecule has 1 radical (unpaired) electrons. The minimum absolute atomic E-state index is 0.0905. The zero-order chi connectivity index (χ0) is 9.45. The highest BCUT2D eigenvalue weighted by atomic mass is 16.6. The molecule has 0 saturated carbocycles. The van der Waals surface area contributed by atoms with Crippen LogP contribution in [-0.4, -0.2) is 37.8 Å². The van der Waals surface area contributed by atoms with Crippen molar-refractivity contribution in [1.82, 2.24) is 0 Å². The molecule has 0 heterocycles. The Morgan fingerprint density at radius 1 is 1.58 bits per heavy atom. The molecule has 0 saturated heterocycles. The van der Waals surface area contributed by atoms with E-state index in [1.165, 1.54) is 13.2 Å². The SMILES string of the molecule is C=CCC([O])(CO)OCCOC. The number of ether oxygens (including phenoxy) is 2. The second kappa shape index (κ2) is 6.14. The van der Waals surface area contributed by atoms with E-state index in [2.05, 4.69) is 11.3 Å². The van der Waals surface area contributed by atoms with Gasteiger partial charge in [-0.25, -0.2) is 0 Å². The Labute approximate surface area is 72.4 Å². The number of methoxy groups -OCH3 is 1. The van der Waals surface area contributed by atoms with Crippen LogP contribution in [0, 0.1) is 0 Å². The van der Waals surface area contributed by atoms with Crippen LogP contribution in [0.15, 0.2) is 12.7 Å². The molecular formula is C8H15O4. The average Bonchev–Trinajstić information content (AvgIpc) is 2.06. The molecule has 0 aliphatic carbocycles. The van der Waals surface area contributed by atoms with E-state index in [0.29, 0.717) is 6.61 Å². The fourth-order valence-corrected chi connectivity index (χ4v) is 0.700. The maximum absolute atomic E-state index is 11.3. The fraction of sp³-hybridized carbons (Fsp3) is 0.750. The van der Waals surface area contributed by atoms with Gasteiger partial charge in [-0.1, -0.05) is 6.08 Å². The number of hydrogen-bond acceptors (Lipinski definition) is 3. The zero-order valence-electron chi connectivity index (χ0n) is 7.28. The largest absolute Gasteiger partial charge is 0.391 e. The summed E-state index contributed by atoms with van der Waals surface area (Å²) >= 11 is 0. The molecule has 4 nitrogen and oxygen atoms in total. The van der Waals surface area contributed by atoms with Gasteiger partial charge in [0.05, 0.1) is 13.2 Å². The van der Waals surface area contributed by atoms with Gasteiger partial charge in [0, 0.05) is 13.5 Å². The van der Waals surface area contributed by atoms with Crippen LogP contribution in [0.5, 0.6) is 0 Å². The normalized spacial score (nSPS) is 15.6. The van der Waals surface area contributed by atoms with E-state index in [4.69, 9.17) is 9.84 Å². The maximum Gasteiger partial charge on any atom is 0.228 e. The second-order valence-corrected chi connectivity index (χ2v) is 2.40. The Morgan fingerprint density at radius 2 is 2.25 bits per heavy atom. The molecule has 1 atom stereocenters. The van der Waals surface area contributed by atoms with Gasteiger partial charge in [-0.2, -0.15) is 5.11 Å². The molecule has 0 bridgehead atoms. The summed E-state index contributed by atoms with van der Waals surface area (Å²) in [6, 6.07) is 0. The molecule has 0 aromatic rings. The van der Waals surface area contributed by atoms with Crippen molar-refractivity contribution in [2.24, 2.45) is 0 Å². The van der Waals surface area contributed by atoms with Crippen LogP contribution in [0.25, 0.3) is 0 Å². The van der Waals surface area contributed by atoms with Crippen LogP contribution in [0.3, 0.4) is 0 Å². The first kappa shape index (κ1) is 11.6. The Hall–Kier alpha value is -0.420. The van der Waals surface area contributed by atoms with Crippen molar-refractivity contribution >= 4 is 0 Å². The Kier molecular flexibility index (Phi) is 5.92. The van der Waals surface area contributed by atoms with Crippen molar-refractivity contribution in [1.29, 1.82) is 0 Å². The van der Waals surface area contributed by atoms with Crippen molar-refractivity contribution in [3.05, 3.63) is 12.7 Å². The summed E-state index contributed by atoms with van der Waals surface area (Å²) in [7, 11) is 1.52. The molecule has 12 heavy (non-hydrogen) atoms. The van der Waals surface area contributed by atoms with Gasteiger partial charge in [-0.05, 0) is 0 Å². The molecule has 71 valence electrons. The molecule has 0 aromatic heterocycles. The van der Waals surface area contributed by atoms with E-state index in [-0.39, 0.29) is 13.0 Å². The molecule has 1 unspecified atom stereocenters. The lowest BCUT2D eigenvalue weighted by Gasteiger charge is -2.21. The van der Waals surface area contributed by atoms with Crippen molar-refractivity contribution in [3.8, 4) is 0 Å². The van der Waals surface area contributed by atoms with E-state index < -0.39 is 12.4 Å². The smallest absolute Gasteiger partial charge is 0.228 e. The van der Waals surface area contributed by atoms with Crippen molar-refractivity contribution < 1.29 is 19.7 Å². The molecule has 0 spiro atoms. The van der Waals surface area contributed by atoms with Crippen molar-refractivity contribution in [2.75, 3.05) is 26.9 Å². The summed E-state index contributed by atoms with van der Waals surface area (Å²) < 4.78 is 9.55. The van der Waals surface area contributed by atoms with Crippen LogP contribution >= 0.6 is 0 Å². The Balaban J connectivity index is 3.70. The molecule has 0 aliphatic heterocycles. The average molecular weight is 175 g/mol. The van der Waals surface area contributed by atoms with Gasteiger partial charge in [0.2, 0.25) is 5.79 Å². The van der Waals surface area contributed by atoms with Gasteiger partial charge < -0.3 is 14.6 Å². The van der Waals surface area contributed by atoms with E-state index >= 15 is 0 Å². The molecule has 4 heteroatoms. The number of hydrogen-bond donors (Lipinski definition) is 1.